The van der Waals surface area contributed by atoms with Gasteiger partial charge in [-0.1, -0.05) is 30.3 Å². The zero-order chi connectivity index (χ0) is 22.8. The van der Waals surface area contributed by atoms with E-state index in [9.17, 15) is 8.78 Å². The third-order valence-electron chi connectivity index (χ3n) is 4.66. The van der Waals surface area contributed by atoms with Gasteiger partial charge >= 0.3 is 6.61 Å². The molecule has 2 aromatic carbocycles. The second-order valence-electron chi connectivity index (χ2n) is 6.84. The van der Waals surface area contributed by atoms with Crippen molar-refractivity contribution in [3.8, 4) is 11.5 Å². The number of guanidine groups is 1. The summed E-state index contributed by atoms with van der Waals surface area (Å²) < 4.78 is 37.0. The summed E-state index contributed by atoms with van der Waals surface area (Å²) in [6, 6.07) is 14.9. The fourth-order valence-electron chi connectivity index (χ4n) is 3.16. The van der Waals surface area contributed by atoms with Crippen LogP contribution in [0, 0.1) is 0 Å². The standard InChI is InChI=1S/C23H27F2N5O2.HI/c1-3-31-21-13-17(9-10-20(21)32-22(24)25)14-27-23(26-2)28-15-18-7-4-5-8-19(18)16-30-12-6-11-29-30;/h4-13,22H,3,14-16H2,1-2H3,(H2,26,27,28);1H. The van der Waals surface area contributed by atoms with Crippen LogP contribution in [0.25, 0.3) is 0 Å². The minimum absolute atomic E-state index is 0. The number of nitrogens with one attached hydrogen (secondary N) is 2. The number of halogens is 3. The van der Waals surface area contributed by atoms with Crippen LogP contribution >= 0.6 is 24.0 Å². The Morgan fingerprint density at radius 1 is 1.06 bits per heavy atom. The summed E-state index contributed by atoms with van der Waals surface area (Å²) in [6.45, 7) is 0.929. The summed E-state index contributed by atoms with van der Waals surface area (Å²) in [5.74, 6) is 0.911. The van der Waals surface area contributed by atoms with Gasteiger partial charge in [-0.25, -0.2) is 0 Å². The predicted molar refractivity (Wildman–Crippen MR) is 134 cm³/mol. The second kappa shape index (κ2) is 13.6. The predicted octanol–water partition coefficient (Wildman–Crippen LogP) is 4.41. The molecule has 0 fully saturated rings. The zero-order valence-electron chi connectivity index (χ0n) is 18.5. The number of aliphatic imine (C=N–C) groups is 1. The normalized spacial score (nSPS) is 11.1. The van der Waals surface area contributed by atoms with Crippen molar-refractivity contribution >= 4 is 29.9 Å². The van der Waals surface area contributed by atoms with E-state index < -0.39 is 6.61 Å². The van der Waals surface area contributed by atoms with E-state index in [1.807, 2.05) is 29.1 Å². The van der Waals surface area contributed by atoms with E-state index in [-0.39, 0.29) is 35.5 Å². The van der Waals surface area contributed by atoms with Gasteiger partial charge in [-0.2, -0.15) is 13.9 Å². The van der Waals surface area contributed by atoms with E-state index in [0.29, 0.717) is 32.2 Å². The van der Waals surface area contributed by atoms with Crippen LogP contribution in [-0.4, -0.2) is 36.0 Å². The number of nitrogens with zero attached hydrogens (tertiary/aromatic N) is 3. The van der Waals surface area contributed by atoms with Crippen LogP contribution in [0.5, 0.6) is 11.5 Å². The van der Waals surface area contributed by atoms with Crippen LogP contribution < -0.4 is 20.1 Å². The summed E-state index contributed by atoms with van der Waals surface area (Å²) in [5, 5.41) is 10.8. The Kier molecular flexibility index (Phi) is 10.9. The topological polar surface area (TPSA) is 72.7 Å². The number of hydrogen-bond donors (Lipinski definition) is 2. The summed E-state index contributed by atoms with van der Waals surface area (Å²) in [6.07, 6.45) is 3.69. The van der Waals surface area contributed by atoms with Crippen LogP contribution in [0.15, 0.2) is 65.9 Å². The van der Waals surface area contributed by atoms with Crippen LogP contribution in [0.4, 0.5) is 8.78 Å². The minimum atomic E-state index is -2.91. The molecular formula is C23H28F2IN5O2. The summed E-state index contributed by atoms with van der Waals surface area (Å²) >= 11 is 0. The Morgan fingerprint density at radius 3 is 2.48 bits per heavy atom. The number of benzene rings is 2. The zero-order valence-corrected chi connectivity index (χ0v) is 20.8. The molecule has 0 saturated heterocycles. The largest absolute Gasteiger partial charge is 0.490 e. The molecule has 0 spiro atoms. The number of rotatable bonds is 10. The van der Waals surface area contributed by atoms with E-state index in [4.69, 9.17) is 4.74 Å². The van der Waals surface area contributed by atoms with E-state index in [1.165, 1.54) is 6.07 Å². The van der Waals surface area contributed by atoms with Crippen molar-refractivity contribution in [1.29, 1.82) is 0 Å². The van der Waals surface area contributed by atoms with Crippen molar-refractivity contribution in [1.82, 2.24) is 20.4 Å². The first kappa shape index (κ1) is 26.4. The number of aromatic nitrogens is 2. The molecule has 1 aromatic heterocycles. The molecule has 0 aliphatic rings. The number of ether oxygens (including phenoxy) is 2. The molecule has 10 heteroatoms. The Hall–Kier alpha value is -2.89. The highest BCUT2D eigenvalue weighted by Gasteiger charge is 2.12. The van der Waals surface area contributed by atoms with Crippen molar-refractivity contribution < 1.29 is 18.3 Å². The Balaban J connectivity index is 0.00000385. The molecule has 0 radical (unpaired) electrons. The molecule has 0 unspecified atom stereocenters. The van der Waals surface area contributed by atoms with E-state index in [1.54, 1.807) is 32.3 Å². The molecule has 0 aliphatic heterocycles. The summed E-state index contributed by atoms with van der Waals surface area (Å²) in [5.41, 5.74) is 3.14. The molecule has 2 N–H and O–H groups in total. The lowest BCUT2D eigenvalue weighted by molar-refractivity contribution is -0.0514. The van der Waals surface area contributed by atoms with Crippen molar-refractivity contribution in [2.75, 3.05) is 13.7 Å². The molecule has 7 nitrogen and oxygen atoms in total. The van der Waals surface area contributed by atoms with Crippen LogP contribution in [0.2, 0.25) is 0 Å². The highest BCUT2D eigenvalue weighted by molar-refractivity contribution is 14.0. The molecule has 33 heavy (non-hydrogen) atoms. The van der Waals surface area contributed by atoms with Crippen LogP contribution in [0.3, 0.4) is 0 Å². The van der Waals surface area contributed by atoms with Crippen molar-refractivity contribution in [2.24, 2.45) is 4.99 Å². The van der Waals surface area contributed by atoms with Gasteiger partial charge in [0.05, 0.1) is 13.2 Å². The quantitative estimate of drug-likeness (QED) is 0.214. The maximum Gasteiger partial charge on any atom is 0.387 e. The summed E-state index contributed by atoms with van der Waals surface area (Å²) in [7, 11) is 1.69. The molecule has 0 aliphatic carbocycles. The number of hydrogen-bond acceptors (Lipinski definition) is 4. The first-order valence-electron chi connectivity index (χ1n) is 10.3. The van der Waals surface area contributed by atoms with E-state index in [2.05, 4.69) is 37.6 Å². The first-order valence-corrected chi connectivity index (χ1v) is 10.3. The van der Waals surface area contributed by atoms with E-state index in [0.717, 1.165) is 16.7 Å². The second-order valence-corrected chi connectivity index (χ2v) is 6.84. The Labute approximate surface area is 209 Å². The molecule has 3 rings (SSSR count). The molecule has 1 heterocycles. The number of alkyl halides is 2. The maximum atomic E-state index is 12.6. The van der Waals surface area contributed by atoms with Gasteiger partial charge in [0.2, 0.25) is 0 Å². The van der Waals surface area contributed by atoms with Crippen molar-refractivity contribution in [3.05, 3.63) is 77.6 Å². The third kappa shape index (κ3) is 8.19. The van der Waals surface area contributed by atoms with E-state index >= 15 is 0 Å². The van der Waals surface area contributed by atoms with Gasteiger partial charge in [0, 0.05) is 32.5 Å². The maximum absolute atomic E-state index is 12.6. The smallest absolute Gasteiger partial charge is 0.387 e. The van der Waals surface area contributed by atoms with Gasteiger partial charge in [-0.05, 0) is 41.8 Å². The molecule has 0 saturated carbocycles. The fraction of sp³-hybridized carbons (Fsp3) is 0.304. The lowest BCUT2D eigenvalue weighted by Crippen LogP contribution is -2.36. The van der Waals surface area contributed by atoms with Gasteiger partial charge in [-0.15, -0.1) is 24.0 Å². The third-order valence-corrected chi connectivity index (χ3v) is 4.66. The molecule has 0 bridgehead atoms. The molecule has 0 amide bonds. The SMILES string of the molecule is CCOc1cc(CNC(=NC)NCc2ccccc2Cn2cccn2)ccc1OC(F)F.I. The highest BCUT2D eigenvalue weighted by Crippen LogP contribution is 2.29. The van der Waals surface area contributed by atoms with Gasteiger partial charge in [0.25, 0.3) is 0 Å². The Morgan fingerprint density at radius 2 is 1.82 bits per heavy atom. The van der Waals surface area contributed by atoms with Gasteiger partial charge < -0.3 is 20.1 Å². The average molecular weight is 571 g/mol. The van der Waals surface area contributed by atoms with Crippen LogP contribution in [0.1, 0.15) is 23.6 Å². The first-order chi connectivity index (χ1) is 15.6. The van der Waals surface area contributed by atoms with Gasteiger partial charge in [-0.3, -0.25) is 9.67 Å². The lowest BCUT2D eigenvalue weighted by Gasteiger charge is -2.16. The van der Waals surface area contributed by atoms with Gasteiger partial charge in [0.1, 0.15) is 0 Å². The Bertz CT molecular complexity index is 1020. The van der Waals surface area contributed by atoms with Crippen LogP contribution in [-0.2, 0) is 19.6 Å². The van der Waals surface area contributed by atoms with Crippen molar-refractivity contribution in [2.45, 2.75) is 33.2 Å². The minimum Gasteiger partial charge on any atom is -0.490 e. The lowest BCUT2D eigenvalue weighted by atomic mass is 10.1. The molecule has 3 aromatic rings. The molecule has 178 valence electrons. The van der Waals surface area contributed by atoms with Gasteiger partial charge in [0.15, 0.2) is 17.5 Å². The summed E-state index contributed by atoms with van der Waals surface area (Å²) in [4.78, 5) is 4.26. The van der Waals surface area contributed by atoms with Crippen molar-refractivity contribution in [3.63, 3.8) is 0 Å². The monoisotopic (exact) mass is 571 g/mol. The average Bonchev–Trinajstić information content (AvgIpc) is 3.29. The fourth-order valence-corrected chi connectivity index (χ4v) is 3.16. The molecular weight excluding hydrogens is 543 g/mol. The highest BCUT2D eigenvalue weighted by atomic mass is 127. The molecule has 0 atom stereocenters.